The number of Topliss-reactive ketones (excluding diaryl/α,β-unsaturated/α-hetero) is 1. The van der Waals surface area contributed by atoms with Crippen LogP contribution in [0.25, 0.3) is 0 Å². The van der Waals surface area contributed by atoms with Crippen molar-refractivity contribution >= 4 is 5.78 Å². The van der Waals surface area contributed by atoms with Gasteiger partial charge in [0.05, 0.1) is 0 Å². The van der Waals surface area contributed by atoms with Crippen LogP contribution in [0.3, 0.4) is 0 Å². The van der Waals surface area contributed by atoms with Crippen molar-refractivity contribution < 1.29 is 4.79 Å². The predicted octanol–water partition coefficient (Wildman–Crippen LogP) is 9.87. The highest BCUT2D eigenvalue weighted by Gasteiger charge is 2.14. The zero-order chi connectivity index (χ0) is 22.9. The summed E-state index contributed by atoms with van der Waals surface area (Å²) >= 11 is 0. The van der Waals surface area contributed by atoms with E-state index in [-0.39, 0.29) is 0 Å². The second-order valence-electron chi connectivity index (χ2n) is 11.9. The first-order chi connectivity index (χ1) is 14.1. The Bertz CT molecular complexity index is 361. The number of hydrogen-bond acceptors (Lipinski definition) is 1. The van der Waals surface area contributed by atoms with Crippen molar-refractivity contribution in [3.63, 3.8) is 0 Å². The lowest BCUT2D eigenvalue weighted by Crippen LogP contribution is -2.10. The molecular weight excluding hydrogens is 364 g/mol. The third-order valence-electron chi connectivity index (χ3n) is 6.90. The molecule has 0 aliphatic heterocycles. The van der Waals surface area contributed by atoms with Crippen LogP contribution in [0, 0.1) is 35.5 Å². The van der Waals surface area contributed by atoms with Gasteiger partial charge in [-0.1, -0.05) is 132 Å². The summed E-state index contributed by atoms with van der Waals surface area (Å²) in [5, 5.41) is 0. The Balaban J connectivity index is 3.77. The SMILES string of the molecule is CC(C)CCCC(C)CCCC(C)CC(=O)CC(C)CCCC(C)CCCC(C)C. The average molecular weight is 423 g/mol. The second kappa shape index (κ2) is 18.3. The third-order valence-corrected chi connectivity index (χ3v) is 6.90. The molecule has 0 fully saturated rings. The molecule has 0 aliphatic rings. The predicted molar refractivity (Wildman–Crippen MR) is 136 cm³/mol. The molecule has 0 aromatic rings. The van der Waals surface area contributed by atoms with Crippen molar-refractivity contribution in [3.05, 3.63) is 0 Å². The van der Waals surface area contributed by atoms with Crippen LogP contribution < -0.4 is 0 Å². The monoisotopic (exact) mass is 422 g/mol. The summed E-state index contributed by atoms with van der Waals surface area (Å²) in [5.74, 6) is 5.00. The molecule has 1 nitrogen and oxygen atoms in total. The topological polar surface area (TPSA) is 17.1 Å². The molecule has 0 saturated heterocycles. The van der Waals surface area contributed by atoms with Gasteiger partial charge in [-0.2, -0.15) is 0 Å². The summed E-state index contributed by atoms with van der Waals surface area (Å²) in [6, 6.07) is 0. The van der Waals surface area contributed by atoms with Crippen molar-refractivity contribution in [2.75, 3.05) is 0 Å². The van der Waals surface area contributed by atoms with Crippen LogP contribution in [-0.2, 0) is 4.79 Å². The van der Waals surface area contributed by atoms with Crippen LogP contribution in [-0.4, -0.2) is 5.78 Å². The Morgan fingerprint density at radius 3 is 1.00 bits per heavy atom. The number of carbonyl (C=O) groups is 1. The Morgan fingerprint density at radius 1 is 0.433 bits per heavy atom. The van der Waals surface area contributed by atoms with Crippen LogP contribution in [0.4, 0.5) is 0 Å². The maximum Gasteiger partial charge on any atom is 0.133 e. The van der Waals surface area contributed by atoms with Crippen molar-refractivity contribution in [1.82, 2.24) is 0 Å². The summed E-state index contributed by atoms with van der Waals surface area (Å²) in [5.41, 5.74) is 0. The first kappa shape index (κ1) is 29.7. The number of rotatable bonds is 20. The maximum atomic E-state index is 12.5. The smallest absolute Gasteiger partial charge is 0.133 e. The largest absolute Gasteiger partial charge is 0.300 e. The second-order valence-corrected chi connectivity index (χ2v) is 11.9. The quantitative estimate of drug-likeness (QED) is 0.191. The average Bonchev–Trinajstić information content (AvgIpc) is 2.60. The van der Waals surface area contributed by atoms with Gasteiger partial charge in [0.25, 0.3) is 0 Å². The van der Waals surface area contributed by atoms with Crippen molar-refractivity contribution in [1.29, 1.82) is 0 Å². The maximum absolute atomic E-state index is 12.5. The van der Waals surface area contributed by atoms with E-state index in [0.717, 1.165) is 36.5 Å². The molecule has 0 saturated carbocycles. The van der Waals surface area contributed by atoms with Gasteiger partial charge in [0.15, 0.2) is 0 Å². The normalized spacial score (nSPS) is 16.1. The van der Waals surface area contributed by atoms with Gasteiger partial charge in [-0.3, -0.25) is 4.79 Å². The standard InChI is InChI=1S/C29H58O/c1-23(2)13-9-15-25(5)17-11-19-27(7)21-29(30)22-28(8)20-12-18-26(6)16-10-14-24(3)4/h23-28H,9-22H2,1-8H3. The van der Waals surface area contributed by atoms with Crippen LogP contribution in [0.5, 0.6) is 0 Å². The lowest BCUT2D eigenvalue weighted by molar-refractivity contribution is -0.120. The minimum Gasteiger partial charge on any atom is -0.300 e. The summed E-state index contributed by atoms with van der Waals surface area (Å²) < 4.78 is 0. The van der Waals surface area contributed by atoms with E-state index in [2.05, 4.69) is 55.4 Å². The van der Waals surface area contributed by atoms with Crippen LogP contribution in [0.2, 0.25) is 0 Å². The Kier molecular flexibility index (Phi) is 18.1. The van der Waals surface area contributed by atoms with E-state index >= 15 is 0 Å². The fraction of sp³-hybridized carbons (Fsp3) is 0.966. The van der Waals surface area contributed by atoms with Crippen molar-refractivity contribution in [2.24, 2.45) is 35.5 Å². The van der Waals surface area contributed by atoms with Crippen LogP contribution in [0.15, 0.2) is 0 Å². The molecule has 0 bridgehead atoms. The van der Waals surface area contributed by atoms with E-state index in [1.165, 1.54) is 77.0 Å². The van der Waals surface area contributed by atoms with Crippen molar-refractivity contribution in [2.45, 2.75) is 145 Å². The molecule has 30 heavy (non-hydrogen) atoms. The molecule has 0 rings (SSSR count). The summed E-state index contributed by atoms with van der Waals surface area (Å²) in [6.45, 7) is 18.7. The minimum atomic E-state index is 0.505. The summed E-state index contributed by atoms with van der Waals surface area (Å²) in [6.07, 6.45) is 17.5. The lowest BCUT2D eigenvalue weighted by Gasteiger charge is -2.16. The van der Waals surface area contributed by atoms with E-state index in [1.807, 2.05) is 0 Å². The summed E-state index contributed by atoms with van der Waals surface area (Å²) in [7, 11) is 0. The van der Waals surface area contributed by atoms with Gasteiger partial charge in [0, 0.05) is 12.8 Å². The van der Waals surface area contributed by atoms with E-state index in [9.17, 15) is 4.79 Å². The number of hydrogen-bond donors (Lipinski definition) is 0. The van der Waals surface area contributed by atoms with E-state index in [0.29, 0.717) is 17.6 Å². The molecule has 180 valence electrons. The first-order valence-corrected chi connectivity index (χ1v) is 13.6. The fourth-order valence-electron chi connectivity index (χ4n) is 4.73. The van der Waals surface area contributed by atoms with Crippen molar-refractivity contribution in [3.8, 4) is 0 Å². The van der Waals surface area contributed by atoms with E-state index in [4.69, 9.17) is 0 Å². The zero-order valence-corrected chi connectivity index (χ0v) is 22.3. The Morgan fingerprint density at radius 2 is 0.700 bits per heavy atom. The number of ketones is 1. The molecule has 0 heterocycles. The Labute approximate surface area is 191 Å². The molecule has 0 aromatic heterocycles. The van der Waals surface area contributed by atoms with E-state index in [1.54, 1.807) is 0 Å². The van der Waals surface area contributed by atoms with Gasteiger partial charge in [-0.15, -0.1) is 0 Å². The van der Waals surface area contributed by atoms with Gasteiger partial charge in [-0.25, -0.2) is 0 Å². The molecule has 0 aliphatic carbocycles. The van der Waals surface area contributed by atoms with Gasteiger partial charge in [0.1, 0.15) is 5.78 Å². The van der Waals surface area contributed by atoms with Gasteiger partial charge >= 0.3 is 0 Å². The van der Waals surface area contributed by atoms with Gasteiger partial charge in [-0.05, 0) is 35.5 Å². The molecule has 0 amide bonds. The molecule has 1 heteroatoms. The highest BCUT2D eigenvalue weighted by Crippen LogP contribution is 2.23. The van der Waals surface area contributed by atoms with Gasteiger partial charge in [0.2, 0.25) is 0 Å². The lowest BCUT2D eigenvalue weighted by atomic mass is 9.89. The van der Waals surface area contributed by atoms with Crippen LogP contribution >= 0.6 is 0 Å². The minimum absolute atomic E-state index is 0.505. The molecule has 0 radical (unpaired) electrons. The third kappa shape index (κ3) is 19.6. The molecule has 0 aromatic carbocycles. The molecule has 4 atom stereocenters. The molecule has 0 N–H and O–H groups in total. The zero-order valence-electron chi connectivity index (χ0n) is 22.3. The fourth-order valence-corrected chi connectivity index (χ4v) is 4.73. The highest BCUT2D eigenvalue weighted by atomic mass is 16.1. The van der Waals surface area contributed by atoms with E-state index < -0.39 is 0 Å². The Hall–Kier alpha value is -0.330. The molecule has 4 unspecified atom stereocenters. The molecule has 0 spiro atoms. The molecular formula is C29H58O. The van der Waals surface area contributed by atoms with Crippen LogP contribution in [0.1, 0.15) is 145 Å². The number of carbonyl (C=O) groups excluding carboxylic acids is 1. The van der Waals surface area contributed by atoms with Gasteiger partial charge < -0.3 is 0 Å². The first-order valence-electron chi connectivity index (χ1n) is 13.6. The highest BCUT2D eigenvalue weighted by molar-refractivity contribution is 5.78. The summed E-state index contributed by atoms with van der Waals surface area (Å²) in [4.78, 5) is 12.5.